The van der Waals surface area contributed by atoms with Gasteiger partial charge in [0.1, 0.15) is 0 Å². The van der Waals surface area contributed by atoms with E-state index in [0.29, 0.717) is 12.3 Å². The highest BCUT2D eigenvalue weighted by Crippen LogP contribution is 2.45. The third-order valence-electron chi connectivity index (χ3n) is 4.37. The van der Waals surface area contributed by atoms with Crippen LogP contribution in [0.4, 0.5) is 0 Å². The topological polar surface area (TPSA) is 46.5 Å². The van der Waals surface area contributed by atoms with Crippen LogP contribution < -0.4 is 0 Å². The largest absolute Gasteiger partial charge is 0.413 e. The Kier molecular flexibility index (Phi) is 5.28. The third kappa shape index (κ3) is 4.85. The molecule has 0 bridgehead atoms. The standard InChI is InChI=1S/C14H29O3PSi/c1-7-18(15,16)11-12-8-9-13(10-12)17-19(5,6)14(2,3)4/h8,13H,7,9-11H2,1-6H3,(H,15,16). The summed E-state index contributed by atoms with van der Waals surface area (Å²) in [5.74, 6) is 0. The molecular formula is C14H29O3PSi. The van der Waals surface area contributed by atoms with Crippen LogP contribution in [0.2, 0.25) is 18.1 Å². The Morgan fingerprint density at radius 3 is 2.53 bits per heavy atom. The third-order valence-corrected chi connectivity index (χ3v) is 10.8. The monoisotopic (exact) mass is 304 g/mol. The van der Waals surface area contributed by atoms with Crippen molar-refractivity contribution < 1.29 is 13.9 Å². The molecule has 112 valence electrons. The zero-order valence-corrected chi connectivity index (χ0v) is 15.1. The first-order valence-electron chi connectivity index (χ1n) is 7.13. The van der Waals surface area contributed by atoms with Crippen LogP contribution in [-0.4, -0.2) is 31.6 Å². The Labute approximate surface area is 119 Å². The number of rotatable bonds is 5. The van der Waals surface area contributed by atoms with E-state index in [4.69, 9.17) is 4.43 Å². The molecule has 0 aromatic carbocycles. The van der Waals surface area contributed by atoms with E-state index < -0.39 is 15.7 Å². The second kappa shape index (κ2) is 5.85. The van der Waals surface area contributed by atoms with Crippen LogP contribution in [-0.2, 0) is 8.99 Å². The molecule has 0 fully saturated rings. The Morgan fingerprint density at radius 2 is 2.05 bits per heavy atom. The zero-order chi connectivity index (χ0) is 14.9. The summed E-state index contributed by atoms with van der Waals surface area (Å²) in [4.78, 5) is 9.71. The van der Waals surface area contributed by atoms with Crippen molar-refractivity contribution in [2.45, 2.75) is 64.8 Å². The molecule has 5 heteroatoms. The summed E-state index contributed by atoms with van der Waals surface area (Å²) >= 11 is 0. The van der Waals surface area contributed by atoms with E-state index in [1.165, 1.54) is 0 Å². The van der Waals surface area contributed by atoms with Gasteiger partial charge in [-0.05, 0) is 31.0 Å². The molecule has 0 saturated heterocycles. The molecule has 1 rings (SSSR count). The smallest absolute Gasteiger partial charge is 0.204 e. The van der Waals surface area contributed by atoms with Gasteiger partial charge in [0.05, 0.1) is 6.10 Å². The van der Waals surface area contributed by atoms with Crippen LogP contribution in [0.1, 0.15) is 40.5 Å². The van der Waals surface area contributed by atoms with Crippen molar-refractivity contribution in [3.05, 3.63) is 11.6 Å². The molecule has 0 aromatic heterocycles. The summed E-state index contributed by atoms with van der Waals surface area (Å²) in [5.41, 5.74) is 1.11. The van der Waals surface area contributed by atoms with Crippen LogP contribution in [0.15, 0.2) is 11.6 Å². The maximum atomic E-state index is 11.8. The van der Waals surface area contributed by atoms with Gasteiger partial charge in [-0.15, -0.1) is 0 Å². The highest BCUT2D eigenvalue weighted by molar-refractivity contribution is 7.58. The van der Waals surface area contributed by atoms with Crippen molar-refractivity contribution in [3.8, 4) is 0 Å². The molecule has 0 spiro atoms. The van der Waals surface area contributed by atoms with E-state index in [2.05, 4.69) is 39.9 Å². The fourth-order valence-electron chi connectivity index (χ4n) is 2.00. The first kappa shape index (κ1) is 17.2. The van der Waals surface area contributed by atoms with E-state index in [1.54, 1.807) is 6.92 Å². The highest BCUT2D eigenvalue weighted by Gasteiger charge is 2.39. The second-order valence-corrected chi connectivity index (χ2v) is 14.5. The van der Waals surface area contributed by atoms with Gasteiger partial charge in [-0.1, -0.05) is 39.3 Å². The quantitative estimate of drug-likeness (QED) is 0.465. The molecule has 1 aliphatic carbocycles. The lowest BCUT2D eigenvalue weighted by Gasteiger charge is -2.38. The zero-order valence-electron chi connectivity index (χ0n) is 13.2. The summed E-state index contributed by atoms with van der Waals surface area (Å²) in [6, 6.07) is 0. The van der Waals surface area contributed by atoms with E-state index >= 15 is 0 Å². The molecule has 19 heavy (non-hydrogen) atoms. The molecule has 0 aliphatic heterocycles. The number of hydrogen-bond acceptors (Lipinski definition) is 2. The second-order valence-electron chi connectivity index (χ2n) is 7.12. The number of hydrogen-bond donors (Lipinski definition) is 1. The summed E-state index contributed by atoms with van der Waals surface area (Å²) < 4.78 is 18.1. The first-order chi connectivity index (χ1) is 8.47. The fourth-order valence-corrected chi connectivity index (χ4v) is 4.48. The predicted molar refractivity (Wildman–Crippen MR) is 84.6 cm³/mol. The van der Waals surface area contributed by atoms with Crippen molar-refractivity contribution in [2.24, 2.45) is 0 Å². The molecule has 3 nitrogen and oxygen atoms in total. The maximum Gasteiger partial charge on any atom is 0.204 e. The molecule has 1 aliphatic rings. The van der Waals surface area contributed by atoms with Crippen molar-refractivity contribution in [3.63, 3.8) is 0 Å². The highest BCUT2D eigenvalue weighted by atomic mass is 31.2. The summed E-state index contributed by atoms with van der Waals surface area (Å²) in [5, 5.41) is 0.214. The Hall–Kier alpha value is 0.107. The lowest BCUT2D eigenvalue weighted by atomic mass is 10.2. The summed E-state index contributed by atoms with van der Waals surface area (Å²) in [6.45, 7) is 13.0. The van der Waals surface area contributed by atoms with Gasteiger partial charge in [0.2, 0.25) is 7.37 Å². The molecule has 2 atom stereocenters. The van der Waals surface area contributed by atoms with Crippen molar-refractivity contribution in [2.75, 3.05) is 12.3 Å². The maximum absolute atomic E-state index is 11.8. The van der Waals surface area contributed by atoms with Crippen LogP contribution in [0.5, 0.6) is 0 Å². The van der Waals surface area contributed by atoms with E-state index in [-0.39, 0.29) is 11.1 Å². The van der Waals surface area contributed by atoms with Crippen LogP contribution in [0.25, 0.3) is 0 Å². The normalized spacial score (nSPS) is 24.2. The molecule has 2 unspecified atom stereocenters. The molecule has 0 aromatic rings. The Morgan fingerprint density at radius 1 is 1.47 bits per heavy atom. The van der Waals surface area contributed by atoms with E-state index in [9.17, 15) is 9.46 Å². The van der Waals surface area contributed by atoms with Gasteiger partial charge in [-0.3, -0.25) is 4.57 Å². The average Bonchev–Trinajstić information content (AvgIpc) is 2.62. The summed E-state index contributed by atoms with van der Waals surface area (Å²) in [7, 11) is -4.68. The van der Waals surface area contributed by atoms with Gasteiger partial charge in [0, 0.05) is 12.3 Å². The lowest BCUT2D eigenvalue weighted by molar-refractivity contribution is 0.192. The van der Waals surface area contributed by atoms with Crippen LogP contribution in [0.3, 0.4) is 0 Å². The minimum Gasteiger partial charge on any atom is -0.413 e. The molecule has 0 amide bonds. The van der Waals surface area contributed by atoms with Crippen molar-refractivity contribution in [1.29, 1.82) is 0 Å². The van der Waals surface area contributed by atoms with Gasteiger partial charge in [-0.2, -0.15) is 0 Å². The van der Waals surface area contributed by atoms with Gasteiger partial charge in [0.25, 0.3) is 0 Å². The SMILES string of the molecule is CCP(=O)(O)CC1=CCC(O[Si](C)(C)C(C)(C)C)C1. The van der Waals surface area contributed by atoms with Gasteiger partial charge in [-0.25, -0.2) is 0 Å². The minimum atomic E-state index is -2.95. The van der Waals surface area contributed by atoms with Gasteiger partial charge in [0.15, 0.2) is 8.32 Å². The van der Waals surface area contributed by atoms with Gasteiger partial charge >= 0.3 is 0 Å². The van der Waals surface area contributed by atoms with Crippen molar-refractivity contribution in [1.82, 2.24) is 0 Å². The fraction of sp³-hybridized carbons (Fsp3) is 0.857. The van der Waals surface area contributed by atoms with Gasteiger partial charge < -0.3 is 9.32 Å². The predicted octanol–water partition coefficient (Wildman–Crippen LogP) is 4.39. The molecule has 0 radical (unpaired) electrons. The molecule has 0 saturated carbocycles. The van der Waals surface area contributed by atoms with Crippen LogP contribution in [0, 0.1) is 0 Å². The van der Waals surface area contributed by atoms with Crippen molar-refractivity contribution >= 4 is 15.7 Å². The molecule has 1 N–H and O–H groups in total. The Bertz CT molecular complexity index is 396. The van der Waals surface area contributed by atoms with E-state index in [1.807, 2.05) is 0 Å². The Balaban J connectivity index is 2.55. The molecular weight excluding hydrogens is 275 g/mol. The minimum absolute atomic E-state index is 0.214. The van der Waals surface area contributed by atoms with Crippen LogP contribution >= 0.6 is 7.37 Å². The molecule has 0 heterocycles. The lowest BCUT2D eigenvalue weighted by Crippen LogP contribution is -2.43. The first-order valence-corrected chi connectivity index (χ1v) is 12.1. The van der Waals surface area contributed by atoms with E-state index in [0.717, 1.165) is 18.4 Å². The summed E-state index contributed by atoms with van der Waals surface area (Å²) in [6.07, 6.45) is 4.76. The average molecular weight is 304 g/mol.